The standard InChI is InChI=1S/C17H17ClN2O3/c1-11-5-4-6-12(7-11)17(21)20-19-10-13-8-14(18)16(23-3)9-15(13)22-2/h4-10H,1-3H3,(H,20,21)/b19-10-. The van der Waals surface area contributed by atoms with Crippen LogP contribution >= 0.6 is 11.6 Å². The summed E-state index contributed by atoms with van der Waals surface area (Å²) in [6.45, 7) is 1.92. The zero-order valence-electron chi connectivity index (χ0n) is 13.1. The van der Waals surface area contributed by atoms with Crippen molar-refractivity contribution in [3.8, 4) is 11.5 Å². The van der Waals surface area contributed by atoms with Crippen LogP contribution in [0, 0.1) is 6.92 Å². The maximum atomic E-state index is 12.0. The topological polar surface area (TPSA) is 59.9 Å². The number of hydrogen-bond donors (Lipinski definition) is 1. The number of carbonyl (C=O) groups excluding carboxylic acids is 1. The number of methoxy groups -OCH3 is 2. The van der Waals surface area contributed by atoms with Gasteiger partial charge in [-0.1, -0.05) is 29.3 Å². The lowest BCUT2D eigenvalue weighted by atomic mass is 10.1. The first-order valence-corrected chi connectivity index (χ1v) is 7.24. The Labute approximate surface area is 139 Å². The molecule has 0 radical (unpaired) electrons. The third kappa shape index (κ3) is 4.23. The van der Waals surface area contributed by atoms with E-state index in [9.17, 15) is 4.79 Å². The molecule has 0 spiro atoms. The zero-order chi connectivity index (χ0) is 16.8. The van der Waals surface area contributed by atoms with Crippen molar-refractivity contribution in [1.29, 1.82) is 0 Å². The summed E-state index contributed by atoms with van der Waals surface area (Å²) >= 11 is 6.08. The molecule has 0 unspecified atom stereocenters. The number of carbonyl (C=O) groups is 1. The highest BCUT2D eigenvalue weighted by Gasteiger charge is 2.09. The monoisotopic (exact) mass is 332 g/mol. The van der Waals surface area contributed by atoms with E-state index in [1.807, 2.05) is 19.1 Å². The molecule has 0 bridgehead atoms. The number of rotatable bonds is 5. The molecule has 0 atom stereocenters. The van der Waals surface area contributed by atoms with Gasteiger partial charge in [0.15, 0.2) is 0 Å². The molecule has 6 heteroatoms. The molecule has 0 aromatic heterocycles. The van der Waals surface area contributed by atoms with Gasteiger partial charge < -0.3 is 9.47 Å². The largest absolute Gasteiger partial charge is 0.496 e. The van der Waals surface area contributed by atoms with E-state index in [0.717, 1.165) is 5.56 Å². The summed E-state index contributed by atoms with van der Waals surface area (Å²) in [7, 11) is 3.06. The summed E-state index contributed by atoms with van der Waals surface area (Å²) in [5.41, 5.74) is 4.65. The van der Waals surface area contributed by atoms with Gasteiger partial charge in [-0.25, -0.2) is 5.43 Å². The quantitative estimate of drug-likeness (QED) is 0.674. The van der Waals surface area contributed by atoms with Gasteiger partial charge in [-0.05, 0) is 25.1 Å². The minimum absolute atomic E-state index is 0.288. The lowest BCUT2D eigenvalue weighted by molar-refractivity contribution is 0.0955. The summed E-state index contributed by atoms with van der Waals surface area (Å²) < 4.78 is 10.4. The van der Waals surface area contributed by atoms with E-state index in [4.69, 9.17) is 21.1 Å². The van der Waals surface area contributed by atoms with Crippen molar-refractivity contribution in [2.24, 2.45) is 5.10 Å². The van der Waals surface area contributed by atoms with Crippen molar-refractivity contribution in [2.45, 2.75) is 6.92 Å². The van der Waals surface area contributed by atoms with E-state index in [-0.39, 0.29) is 5.91 Å². The van der Waals surface area contributed by atoms with Crippen LogP contribution in [0.4, 0.5) is 0 Å². The molecule has 0 aliphatic rings. The second-order valence-electron chi connectivity index (χ2n) is 4.80. The maximum Gasteiger partial charge on any atom is 0.271 e. The highest BCUT2D eigenvalue weighted by molar-refractivity contribution is 6.32. The minimum Gasteiger partial charge on any atom is -0.496 e. The number of amides is 1. The normalized spacial score (nSPS) is 10.6. The van der Waals surface area contributed by atoms with Crippen molar-refractivity contribution in [3.63, 3.8) is 0 Å². The van der Waals surface area contributed by atoms with Gasteiger partial charge in [0.2, 0.25) is 0 Å². The molecule has 1 amide bonds. The average Bonchev–Trinajstić information content (AvgIpc) is 2.55. The van der Waals surface area contributed by atoms with Crippen LogP contribution in [0.5, 0.6) is 11.5 Å². The summed E-state index contributed by atoms with van der Waals surface area (Å²) in [4.78, 5) is 12.0. The zero-order valence-corrected chi connectivity index (χ0v) is 13.8. The SMILES string of the molecule is COc1cc(OC)c(/C=N\NC(=O)c2cccc(C)c2)cc1Cl. The number of benzene rings is 2. The molecule has 120 valence electrons. The fraction of sp³-hybridized carbons (Fsp3) is 0.176. The van der Waals surface area contributed by atoms with Crippen LogP contribution in [-0.4, -0.2) is 26.3 Å². The van der Waals surface area contributed by atoms with Gasteiger partial charge in [0, 0.05) is 17.2 Å². The first-order chi connectivity index (χ1) is 11.0. The van der Waals surface area contributed by atoms with Crippen LogP contribution in [0.1, 0.15) is 21.5 Å². The molecule has 0 aliphatic carbocycles. The van der Waals surface area contributed by atoms with E-state index in [1.54, 1.807) is 24.3 Å². The predicted molar refractivity (Wildman–Crippen MR) is 90.8 cm³/mol. The molecule has 0 heterocycles. The molecule has 0 saturated heterocycles. The van der Waals surface area contributed by atoms with Crippen LogP contribution in [0.15, 0.2) is 41.5 Å². The third-order valence-electron chi connectivity index (χ3n) is 3.15. The number of halogens is 1. The van der Waals surface area contributed by atoms with Crippen LogP contribution in [-0.2, 0) is 0 Å². The molecule has 2 aromatic rings. The van der Waals surface area contributed by atoms with Crippen LogP contribution in [0.2, 0.25) is 5.02 Å². The number of nitrogens with one attached hydrogen (secondary N) is 1. The van der Waals surface area contributed by atoms with Crippen LogP contribution in [0.25, 0.3) is 0 Å². The van der Waals surface area contributed by atoms with Crippen molar-refractivity contribution in [2.75, 3.05) is 14.2 Å². The number of nitrogens with zero attached hydrogens (tertiary/aromatic N) is 1. The predicted octanol–water partition coefficient (Wildman–Crippen LogP) is 3.43. The lowest BCUT2D eigenvalue weighted by Gasteiger charge is -2.09. The number of aryl methyl sites for hydroxylation is 1. The lowest BCUT2D eigenvalue weighted by Crippen LogP contribution is -2.17. The highest BCUT2D eigenvalue weighted by atomic mass is 35.5. The third-order valence-corrected chi connectivity index (χ3v) is 3.45. The Hall–Kier alpha value is -2.53. The Kier molecular flexibility index (Phi) is 5.60. The van der Waals surface area contributed by atoms with Crippen molar-refractivity contribution in [1.82, 2.24) is 5.43 Å². The molecule has 2 aromatic carbocycles. The molecule has 1 N–H and O–H groups in total. The van der Waals surface area contributed by atoms with E-state index in [2.05, 4.69) is 10.5 Å². The molecular weight excluding hydrogens is 316 g/mol. The average molecular weight is 333 g/mol. The molecule has 0 aliphatic heterocycles. The Balaban J connectivity index is 2.14. The summed E-state index contributed by atoms with van der Waals surface area (Å²) in [6.07, 6.45) is 1.47. The van der Waals surface area contributed by atoms with Crippen LogP contribution < -0.4 is 14.9 Å². The van der Waals surface area contributed by atoms with Crippen molar-refractivity contribution < 1.29 is 14.3 Å². The fourth-order valence-electron chi connectivity index (χ4n) is 2.00. The van der Waals surface area contributed by atoms with Gasteiger partial charge >= 0.3 is 0 Å². The molecule has 0 fully saturated rings. The first kappa shape index (κ1) is 16.8. The number of ether oxygens (including phenoxy) is 2. The number of hydrazone groups is 1. The van der Waals surface area contributed by atoms with Gasteiger partial charge in [-0.3, -0.25) is 4.79 Å². The molecule has 23 heavy (non-hydrogen) atoms. The second-order valence-corrected chi connectivity index (χ2v) is 5.20. The van der Waals surface area contributed by atoms with E-state index < -0.39 is 0 Å². The number of hydrogen-bond acceptors (Lipinski definition) is 4. The Morgan fingerprint density at radius 1 is 1.17 bits per heavy atom. The van der Waals surface area contributed by atoms with E-state index in [1.165, 1.54) is 20.4 Å². The molecule has 0 saturated carbocycles. The van der Waals surface area contributed by atoms with Gasteiger partial charge in [0.05, 0.1) is 25.5 Å². The van der Waals surface area contributed by atoms with Crippen molar-refractivity contribution in [3.05, 3.63) is 58.1 Å². The Morgan fingerprint density at radius 2 is 1.91 bits per heavy atom. The Bertz CT molecular complexity index is 745. The smallest absolute Gasteiger partial charge is 0.271 e. The van der Waals surface area contributed by atoms with Gasteiger partial charge in [-0.15, -0.1) is 0 Å². The second kappa shape index (κ2) is 7.65. The molecule has 5 nitrogen and oxygen atoms in total. The summed E-state index contributed by atoms with van der Waals surface area (Å²) in [6, 6.07) is 10.6. The summed E-state index contributed by atoms with van der Waals surface area (Å²) in [5, 5.41) is 4.38. The fourth-order valence-corrected chi connectivity index (χ4v) is 2.24. The van der Waals surface area contributed by atoms with E-state index in [0.29, 0.717) is 27.6 Å². The highest BCUT2D eigenvalue weighted by Crippen LogP contribution is 2.31. The van der Waals surface area contributed by atoms with Crippen LogP contribution in [0.3, 0.4) is 0 Å². The van der Waals surface area contributed by atoms with Gasteiger partial charge in [0.1, 0.15) is 11.5 Å². The minimum atomic E-state index is -0.288. The van der Waals surface area contributed by atoms with Gasteiger partial charge in [-0.2, -0.15) is 5.10 Å². The summed E-state index contributed by atoms with van der Waals surface area (Å²) in [5.74, 6) is 0.757. The van der Waals surface area contributed by atoms with E-state index >= 15 is 0 Å². The van der Waals surface area contributed by atoms with Crippen molar-refractivity contribution >= 4 is 23.7 Å². The van der Waals surface area contributed by atoms with Gasteiger partial charge in [0.25, 0.3) is 5.91 Å². The first-order valence-electron chi connectivity index (χ1n) is 6.86. The maximum absolute atomic E-state index is 12.0. The molecular formula is C17H17ClN2O3. The molecule has 2 rings (SSSR count). The Morgan fingerprint density at radius 3 is 2.57 bits per heavy atom.